The van der Waals surface area contributed by atoms with Gasteiger partial charge in [-0.2, -0.15) is 0 Å². The van der Waals surface area contributed by atoms with Gasteiger partial charge in [0, 0.05) is 18.1 Å². The highest BCUT2D eigenvalue weighted by atomic mass is 19.1. The van der Waals surface area contributed by atoms with Gasteiger partial charge in [-0.25, -0.2) is 8.78 Å². The lowest BCUT2D eigenvalue weighted by molar-refractivity contribution is 0.0962. The summed E-state index contributed by atoms with van der Waals surface area (Å²) in [4.78, 5) is 11.4. The summed E-state index contributed by atoms with van der Waals surface area (Å²) in [6.45, 7) is 1.71. The Labute approximate surface area is 96.9 Å². The van der Waals surface area contributed by atoms with E-state index in [0.29, 0.717) is 6.42 Å². The highest BCUT2D eigenvalue weighted by Gasteiger charge is 2.11. The van der Waals surface area contributed by atoms with Crippen LogP contribution in [0.25, 0.3) is 11.3 Å². The molecule has 0 amide bonds. The van der Waals surface area contributed by atoms with E-state index in [0.717, 1.165) is 18.2 Å². The Hall–Kier alpha value is -1.97. The number of hydrogen-bond donors (Lipinski definition) is 0. The molecule has 0 fully saturated rings. The monoisotopic (exact) mass is 236 g/mol. The first-order chi connectivity index (χ1) is 8.10. The third kappa shape index (κ3) is 2.41. The van der Waals surface area contributed by atoms with Crippen molar-refractivity contribution < 1.29 is 18.0 Å². The highest BCUT2D eigenvalue weighted by molar-refractivity contribution is 5.93. The van der Waals surface area contributed by atoms with Crippen molar-refractivity contribution in [3.63, 3.8) is 0 Å². The smallest absolute Gasteiger partial charge is 0.197 e. The maximum Gasteiger partial charge on any atom is 0.197 e. The second-order valence-electron chi connectivity index (χ2n) is 3.60. The summed E-state index contributed by atoms with van der Waals surface area (Å²) in [6.07, 6.45) is 0.324. The topological polar surface area (TPSA) is 30.2 Å². The largest absolute Gasteiger partial charge is 0.453 e. The van der Waals surface area contributed by atoms with Gasteiger partial charge in [0.1, 0.15) is 17.4 Å². The van der Waals surface area contributed by atoms with Gasteiger partial charge in [0.05, 0.1) is 0 Å². The molecule has 0 N–H and O–H groups in total. The van der Waals surface area contributed by atoms with Crippen molar-refractivity contribution in [2.75, 3.05) is 0 Å². The fourth-order valence-corrected chi connectivity index (χ4v) is 1.51. The lowest BCUT2D eigenvalue weighted by Gasteiger charge is -1.98. The number of carbonyl (C=O) groups is 1. The molecule has 0 saturated carbocycles. The second-order valence-corrected chi connectivity index (χ2v) is 3.60. The first kappa shape index (κ1) is 11.5. The Bertz CT molecular complexity index is 538. The van der Waals surface area contributed by atoms with Gasteiger partial charge in [0.2, 0.25) is 0 Å². The second kappa shape index (κ2) is 4.49. The summed E-state index contributed by atoms with van der Waals surface area (Å²) in [7, 11) is 0. The Morgan fingerprint density at radius 2 is 1.82 bits per heavy atom. The fraction of sp³-hybridized carbons (Fsp3) is 0.154. The molecule has 88 valence electrons. The SMILES string of the molecule is CCC(=O)c1ccc(-c2cc(F)cc(F)c2)o1. The average molecular weight is 236 g/mol. The summed E-state index contributed by atoms with van der Waals surface area (Å²) >= 11 is 0. The van der Waals surface area contributed by atoms with E-state index in [1.54, 1.807) is 6.92 Å². The number of ketones is 1. The highest BCUT2D eigenvalue weighted by Crippen LogP contribution is 2.24. The molecule has 0 aliphatic rings. The van der Waals surface area contributed by atoms with Crippen LogP contribution in [-0.4, -0.2) is 5.78 Å². The molecule has 1 heterocycles. The third-order valence-electron chi connectivity index (χ3n) is 2.35. The van der Waals surface area contributed by atoms with Crippen molar-refractivity contribution >= 4 is 5.78 Å². The number of carbonyl (C=O) groups excluding carboxylic acids is 1. The lowest BCUT2D eigenvalue weighted by atomic mass is 10.1. The molecule has 0 spiro atoms. The molecule has 17 heavy (non-hydrogen) atoms. The Balaban J connectivity index is 2.40. The minimum absolute atomic E-state index is 0.145. The van der Waals surface area contributed by atoms with Crippen LogP contribution in [0.15, 0.2) is 34.7 Å². The van der Waals surface area contributed by atoms with Crippen LogP contribution in [-0.2, 0) is 0 Å². The van der Waals surface area contributed by atoms with Crippen molar-refractivity contribution in [1.82, 2.24) is 0 Å². The average Bonchev–Trinajstić information content (AvgIpc) is 2.76. The number of rotatable bonds is 3. The molecule has 2 aromatic rings. The van der Waals surface area contributed by atoms with Gasteiger partial charge in [-0.1, -0.05) is 6.92 Å². The number of Topliss-reactive ketones (excluding diaryl/α,β-unsaturated/α-hetero) is 1. The minimum atomic E-state index is -0.681. The van der Waals surface area contributed by atoms with E-state index < -0.39 is 11.6 Å². The molecule has 0 unspecified atom stereocenters. The molecule has 0 aliphatic carbocycles. The van der Waals surface area contributed by atoms with Gasteiger partial charge in [-0.15, -0.1) is 0 Å². The third-order valence-corrected chi connectivity index (χ3v) is 2.35. The molecule has 0 saturated heterocycles. The zero-order valence-corrected chi connectivity index (χ0v) is 9.17. The van der Waals surface area contributed by atoms with Gasteiger partial charge in [-0.3, -0.25) is 4.79 Å². The number of furan rings is 1. The Morgan fingerprint density at radius 1 is 1.18 bits per heavy atom. The quantitative estimate of drug-likeness (QED) is 0.758. The molecular formula is C13H10F2O2. The van der Waals surface area contributed by atoms with Gasteiger partial charge in [-0.05, 0) is 24.3 Å². The summed E-state index contributed by atoms with van der Waals surface area (Å²) in [5.74, 6) is -1.03. The molecule has 1 aromatic heterocycles. The summed E-state index contributed by atoms with van der Waals surface area (Å²) < 4.78 is 31.2. The summed E-state index contributed by atoms with van der Waals surface area (Å²) in [5.41, 5.74) is 0.276. The zero-order chi connectivity index (χ0) is 12.4. The molecule has 2 rings (SSSR count). The van der Waals surface area contributed by atoms with E-state index in [2.05, 4.69) is 0 Å². The molecule has 0 atom stereocenters. The minimum Gasteiger partial charge on any atom is -0.453 e. The van der Waals surface area contributed by atoms with Crippen molar-refractivity contribution in [3.8, 4) is 11.3 Å². The maximum absolute atomic E-state index is 13.0. The van der Waals surface area contributed by atoms with Crippen LogP contribution in [0.5, 0.6) is 0 Å². The normalized spacial score (nSPS) is 10.5. The number of benzene rings is 1. The number of hydrogen-bond acceptors (Lipinski definition) is 2. The predicted molar refractivity (Wildman–Crippen MR) is 58.7 cm³/mol. The van der Waals surface area contributed by atoms with Crippen LogP contribution in [0.2, 0.25) is 0 Å². The van der Waals surface area contributed by atoms with Gasteiger partial charge < -0.3 is 4.42 Å². The molecule has 2 nitrogen and oxygen atoms in total. The fourth-order valence-electron chi connectivity index (χ4n) is 1.51. The molecule has 0 radical (unpaired) electrons. The van der Waals surface area contributed by atoms with Crippen molar-refractivity contribution in [3.05, 3.63) is 47.7 Å². The van der Waals surface area contributed by atoms with Crippen LogP contribution >= 0.6 is 0 Å². The van der Waals surface area contributed by atoms with E-state index in [9.17, 15) is 13.6 Å². The van der Waals surface area contributed by atoms with Crippen molar-refractivity contribution in [2.45, 2.75) is 13.3 Å². The van der Waals surface area contributed by atoms with Crippen LogP contribution in [0.1, 0.15) is 23.9 Å². The van der Waals surface area contributed by atoms with Gasteiger partial charge in [0.15, 0.2) is 11.5 Å². The van der Waals surface area contributed by atoms with E-state index in [1.165, 1.54) is 12.1 Å². The Kier molecular flexibility index (Phi) is 3.04. The molecule has 4 heteroatoms. The standard InChI is InChI=1S/C13H10F2O2/c1-2-11(16)13-4-3-12(17-13)8-5-9(14)7-10(15)6-8/h3-7H,2H2,1H3. The first-order valence-corrected chi connectivity index (χ1v) is 5.19. The Morgan fingerprint density at radius 3 is 2.41 bits per heavy atom. The summed E-state index contributed by atoms with van der Waals surface area (Å²) in [5, 5.41) is 0. The molecule has 0 bridgehead atoms. The van der Waals surface area contributed by atoms with E-state index in [4.69, 9.17) is 4.42 Å². The van der Waals surface area contributed by atoms with Crippen molar-refractivity contribution in [2.24, 2.45) is 0 Å². The number of halogens is 2. The van der Waals surface area contributed by atoms with Gasteiger partial charge in [0.25, 0.3) is 0 Å². The zero-order valence-electron chi connectivity index (χ0n) is 9.17. The van der Waals surface area contributed by atoms with Crippen LogP contribution < -0.4 is 0 Å². The first-order valence-electron chi connectivity index (χ1n) is 5.19. The predicted octanol–water partition coefficient (Wildman–Crippen LogP) is 3.82. The van der Waals surface area contributed by atoms with Crippen LogP contribution in [0.3, 0.4) is 0 Å². The molecular weight excluding hydrogens is 226 g/mol. The van der Waals surface area contributed by atoms with E-state index >= 15 is 0 Å². The maximum atomic E-state index is 13.0. The summed E-state index contributed by atoms with van der Waals surface area (Å²) in [6, 6.07) is 6.12. The van der Waals surface area contributed by atoms with E-state index in [1.807, 2.05) is 0 Å². The molecule has 1 aromatic carbocycles. The van der Waals surface area contributed by atoms with Crippen LogP contribution in [0.4, 0.5) is 8.78 Å². The molecule has 0 aliphatic heterocycles. The van der Waals surface area contributed by atoms with Gasteiger partial charge >= 0.3 is 0 Å². The van der Waals surface area contributed by atoms with Crippen molar-refractivity contribution in [1.29, 1.82) is 0 Å². The van der Waals surface area contributed by atoms with E-state index in [-0.39, 0.29) is 22.9 Å². The lowest BCUT2D eigenvalue weighted by Crippen LogP contribution is -1.92. The van der Waals surface area contributed by atoms with Crippen LogP contribution in [0, 0.1) is 11.6 Å².